The number of hydrogen-bond donors (Lipinski definition) is 1. The minimum atomic E-state index is -0.771. The van der Waals surface area contributed by atoms with Gasteiger partial charge >= 0.3 is 6.09 Å². The average Bonchev–Trinajstić information content (AvgIpc) is 3.17. The van der Waals surface area contributed by atoms with Crippen LogP contribution in [0.5, 0.6) is 0 Å². The largest absolute Gasteiger partial charge is 0.444 e. The van der Waals surface area contributed by atoms with Gasteiger partial charge in [0, 0.05) is 35.8 Å². The normalized spacial score (nSPS) is 15.4. The third-order valence-electron chi connectivity index (χ3n) is 6.40. The van der Waals surface area contributed by atoms with Crippen molar-refractivity contribution in [3.63, 3.8) is 0 Å². The molecule has 1 N–H and O–H groups in total. The molecule has 0 saturated heterocycles. The van der Waals surface area contributed by atoms with Gasteiger partial charge in [-0.15, -0.1) is 0 Å². The Balaban J connectivity index is 1.57. The number of para-hydroxylation sites is 1. The summed E-state index contributed by atoms with van der Waals surface area (Å²) < 4.78 is 21.4. The molecule has 4 aromatic rings. The molecule has 8 heteroatoms. The number of rotatable bonds is 4. The summed E-state index contributed by atoms with van der Waals surface area (Å²) in [6.07, 6.45) is 2.98. The molecule has 37 heavy (non-hydrogen) atoms. The number of anilines is 1. The number of hydrogen-bond acceptors (Lipinski definition) is 4. The van der Waals surface area contributed by atoms with Crippen LogP contribution >= 0.6 is 0 Å². The lowest BCUT2D eigenvalue weighted by Gasteiger charge is -2.36. The van der Waals surface area contributed by atoms with Gasteiger partial charge in [0.15, 0.2) is 0 Å². The Hall–Kier alpha value is -4.20. The monoisotopic (exact) mass is 500 g/mol. The van der Waals surface area contributed by atoms with Crippen LogP contribution in [0.2, 0.25) is 0 Å². The van der Waals surface area contributed by atoms with Crippen LogP contribution < -0.4 is 5.32 Å². The molecule has 3 heterocycles. The highest BCUT2D eigenvalue weighted by atomic mass is 19.1. The van der Waals surface area contributed by atoms with Gasteiger partial charge < -0.3 is 14.6 Å². The summed E-state index contributed by atoms with van der Waals surface area (Å²) in [7, 11) is 0. The number of fused-ring (bicyclic) bond motifs is 3. The van der Waals surface area contributed by atoms with Crippen molar-refractivity contribution in [2.45, 2.75) is 51.9 Å². The summed E-state index contributed by atoms with van der Waals surface area (Å²) in [4.78, 5) is 32.4. The molecule has 0 saturated carbocycles. The second-order valence-corrected chi connectivity index (χ2v) is 10.2. The minimum Gasteiger partial charge on any atom is -0.444 e. The number of carbonyl (C=O) groups excluding carboxylic acids is 2. The number of nitrogens with zero attached hydrogens (tertiary/aromatic N) is 3. The highest BCUT2D eigenvalue weighted by molar-refractivity contribution is 5.98. The van der Waals surface area contributed by atoms with E-state index in [2.05, 4.69) is 14.9 Å². The molecular weight excluding hydrogens is 471 g/mol. The van der Waals surface area contributed by atoms with E-state index in [9.17, 15) is 14.0 Å². The van der Waals surface area contributed by atoms with Crippen molar-refractivity contribution < 1.29 is 18.7 Å². The van der Waals surface area contributed by atoms with Gasteiger partial charge in [0.2, 0.25) is 5.91 Å². The first kappa shape index (κ1) is 24.5. The number of pyridine rings is 1. The maximum Gasteiger partial charge on any atom is 0.411 e. The number of benzene rings is 2. The molecule has 7 nitrogen and oxygen atoms in total. The molecule has 1 aliphatic heterocycles. The number of halogens is 1. The van der Waals surface area contributed by atoms with Crippen molar-refractivity contribution in [2.24, 2.45) is 0 Å². The molecule has 0 bridgehead atoms. The molecule has 1 aliphatic rings. The molecule has 0 spiro atoms. The molecule has 2 amide bonds. The summed E-state index contributed by atoms with van der Waals surface area (Å²) >= 11 is 0. The van der Waals surface area contributed by atoms with Crippen LogP contribution in [0, 0.1) is 5.82 Å². The molecule has 5 rings (SSSR count). The molecule has 0 aliphatic carbocycles. The Bertz CT molecular complexity index is 1440. The molecular formula is C29H29FN4O3. The number of nitrogens with one attached hydrogen (secondary N) is 1. The lowest BCUT2D eigenvalue weighted by Crippen LogP contribution is -2.52. The highest BCUT2D eigenvalue weighted by Crippen LogP contribution is 2.35. The van der Waals surface area contributed by atoms with Crippen molar-refractivity contribution in [1.29, 1.82) is 0 Å². The number of ether oxygens (including phenoxy) is 1. The predicted molar refractivity (Wildman–Crippen MR) is 140 cm³/mol. The van der Waals surface area contributed by atoms with Gasteiger partial charge in [-0.25, -0.2) is 9.18 Å². The van der Waals surface area contributed by atoms with Crippen molar-refractivity contribution in [2.75, 3.05) is 5.32 Å². The van der Waals surface area contributed by atoms with Gasteiger partial charge in [-0.3, -0.25) is 14.7 Å². The average molecular weight is 501 g/mol. The van der Waals surface area contributed by atoms with Crippen LogP contribution in [0.3, 0.4) is 0 Å². The van der Waals surface area contributed by atoms with Crippen LogP contribution in [0.25, 0.3) is 10.9 Å². The standard InChI is InChI=1S/C29H29FN4O3/c1-29(2,3)37-28(36)34-18-26-23(15-25(34)27(35)32-21-7-6-14-31-16-21)22-8-4-5-9-24(22)33(26)17-19-10-12-20(30)13-11-19/h4-14,16,25H,15,17-18H2,1-3H3,(H,32,35). The predicted octanol–water partition coefficient (Wildman–Crippen LogP) is 5.52. The van der Waals surface area contributed by atoms with E-state index < -0.39 is 17.7 Å². The summed E-state index contributed by atoms with van der Waals surface area (Å²) in [5, 5.41) is 3.93. The van der Waals surface area contributed by atoms with Gasteiger partial charge in [0.1, 0.15) is 17.5 Å². The molecule has 1 atom stereocenters. The maximum absolute atomic E-state index is 13.5. The number of aromatic nitrogens is 2. The van der Waals surface area contributed by atoms with E-state index >= 15 is 0 Å². The van der Waals surface area contributed by atoms with Gasteiger partial charge in [-0.05, 0) is 62.2 Å². The lowest BCUT2D eigenvalue weighted by molar-refractivity contribution is -0.121. The first-order valence-electron chi connectivity index (χ1n) is 12.2. The highest BCUT2D eigenvalue weighted by Gasteiger charge is 2.39. The first-order chi connectivity index (χ1) is 17.7. The van der Waals surface area contributed by atoms with E-state index in [1.165, 1.54) is 17.0 Å². The van der Waals surface area contributed by atoms with E-state index in [4.69, 9.17) is 4.74 Å². The van der Waals surface area contributed by atoms with Crippen LogP contribution in [-0.4, -0.2) is 38.1 Å². The molecule has 0 fully saturated rings. The summed E-state index contributed by atoms with van der Waals surface area (Å²) in [6.45, 7) is 6.11. The summed E-state index contributed by atoms with van der Waals surface area (Å²) in [6, 6.07) is 17.1. The second-order valence-electron chi connectivity index (χ2n) is 10.2. The first-order valence-corrected chi connectivity index (χ1v) is 12.2. The SMILES string of the molecule is CC(C)(C)OC(=O)N1Cc2c(c3ccccc3n2Cc2ccc(F)cc2)CC1C(=O)Nc1cccnc1. The zero-order valence-electron chi connectivity index (χ0n) is 21.1. The van der Waals surface area contributed by atoms with Crippen molar-refractivity contribution in [1.82, 2.24) is 14.5 Å². The third-order valence-corrected chi connectivity index (χ3v) is 6.40. The van der Waals surface area contributed by atoms with Crippen molar-refractivity contribution >= 4 is 28.6 Å². The molecule has 2 aromatic carbocycles. The maximum atomic E-state index is 13.5. The van der Waals surface area contributed by atoms with E-state index in [1.54, 1.807) is 57.4 Å². The topological polar surface area (TPSA) is 76.5 Å². The zero-order valence-corrected chi connectivity index (χ0v) is 21.1. The van der Waals surface area contributed by atoms with Crippen LogP contribution in [-0.2, 0) is 29.0 Å². The van der Waals surface area contributed by atoms with Gasteiger partial charge in [-0.1, -0.05) is 30.3 Å². The Morgan fingerprint density at radius 3 is 2.54 bits per heavy atom. The fraction of sp³-hybridized carbons (Fsp3) is 0.276. The number of carbonyl (C=O) groups is 2. The minimum absolute atomic E-state index is 0.200. The summed E-state index contributed by atoms with van der Waals surface area (Å²) in [5.74, 6) is -0.596. The second kappa shape index (κ2) is 9.69. The van der Waals surface area contributed by atoms with Crippen LogP contribution in [0.4, 0.5) is 14.9 Å². The Morgan fingerprint density at radius 1 is 1.08 bits per heavy atom. The summed E-state index contributed by atoms with van der Waals surface area (Å²) in [5.41, 5.74) is 3.72. The van der Waals surface area contributed by atoms with E-state index in [1.807, 2.05) is 24.3 Å². The zero-order chi connectivity index (χ0) is 26.2. The van der Waals surface area contributed by atoms with Crippen molar-refractivity contribution in [3.05, 3.63) is 95.7 Å². The van der Waals surface area contributed by atoms with E-state index in [0.29, 0.717) is 18.7 Å². The fourth-order valence-corrected chi connectivity index (χ4v) is 4.77. The fourth-order valence-electron chi connectivity index (χ4n) is 4.77. The van der Waals surface area contributed by atoms with Gasteiger partial charge in [0.05, 0.1) is 18.4 Å². The Kier molecular flexibility index (Phi) is 6.41. The third kappa shape index (κ3) is 5.18. The molecule has 2 aromatic heterocycles. The molecule has 0 radical (unpaired) electrons. The van der Waals surface area contributed by atoms with E-state index in [0.717, 1.165) is 27.7 Å². The Morgan fingerprint density at radius 2 is 1.84 bits per heavy atom. The molecule has 190 valence electrons. The number of amides is 2. The van der Waals surface area contributed by atoms with Crippen LogP contribution in [0.15, 0.2) is 73.1 Å². The smallest absolute Gasteiger partial charge is 0.411 e. The van der Waals surface area contributed by atoms with E-state index in [-0.39, 0.29) is 18.3 Å². The van der Waals surface area contributed by atoms with Gasteiger partial charge in [-0.2, -0.15) is 0 Å². The van der Waals surface area contributed by atoms with Gasteiger partial charge in [0.25, 0.3) is 0 Å². The molecule has 1 unspecified atom stereocenters. The van der Waals surface area contributed by atoms with Crippen molar-refractivity contribution in [3.8, 4) is 0 Å². The Labute approximate surface area is 214 Å². The lowest BCUT2D eigenvalue weighted by atomic mass is 9.96. The van der Waals surface area contributed by atoms with Crippen LogP contribution in [0.1, 0.15) is 37.6 Å². The quantitative estimate of drug-likeness (QED) is 0.400.